The van der Waals surface area contributed by atoms with Crippen LogP contribution in [0.4, 0.5) is 5.69 Å². The number of hydrogen-bond donors (Lipinski definition) is 1. The molecule has 0 saturated heterocycles. The van der Waals surface area contributed by atoms with Crippen molar-refractivity contribution in [3.8, 4) is 10.6 Å². The van der Waals surface area contributed by atoms with Gasteiger partial charge in [-0.2, -0.15) is 0 Å². The van der Waals surface area contributed by atoms with E-state index in [0.717, 1.165) is 18.6 Å². The van der Waals surface area contributed by atoms with Gasteiger partial charge in [-0.15, -0.1) is 11.3 Å². The van der Waals surface area contributed by atoms with Crippen LogP contribution in [0.1, 0.15) is 22.3 Å². The average Bonchev–Trinajstić information content (AvgIpc) is 2.78. The number of thiazole rings is 1. The highest BCUT2D eigenvalue weighted by Gasteiger charge is 2.18. The van der Waals surface area contributed by atoms with Crippen molar-refractivity contribution in [1.82, 2.24) is 4.98 Å². The Morgan fingerprint density at radius 2 is 2.25 bits per heavy atom. The van der Waals surface area contributed by atoms with Crippen LogP contribution in [0.15, 0.2) is 16.6 Å². The van der Waals surface area contributed by atoms with Crippen molar-refractivity contribution >= 4 is 61.5 Å². The van der Waals surface area contributed by atoms with E-state index < -0.39 is 0 Å². The molecule has 0 unspecified atom stereocenters. The number of nitrogens with zero attached hydrogens (tertiary/aromatic N) is 1. The third kappa shape index (κ3) is 3.15. The van der Waals surface area contributed by atoms with Crippen molar-refractivity contribution in [2.24, 2.45) is 0 Å². The van der Waals surface area contributed by atoms with Crippen molar-refractivity contribution in [1.29, 1.82) is 0 Å². The van der Waals surface area contributed by atoms with Crippen LogP contribution in [-0.2, 0) is 4.74 Å². The normalized spacial score (nSPS) is 10.6. The van der Waals surface area contributed by atoms with Gasteiger partial charge in [0.2, 0.25) is 0 Å². The summed E-state index contributed by atoms with van der Waals surface area (Å²) < 4.78 is 6.79. The molecular weight excluding hydrogens is 455 g/mol. The van der Waals surface area contributed by atoms with Crippen LogP contribution in [0.3, 0.4) is 0 Å². The maximum Gasteiger partial charge on any atom is 0.350 e. The van der Waals surface area contributed by atoms with Crippen LogP contribution < -0.4 is 5.73 Å². The molecule has 106 valence electrons. The Balaban J connectivity index is 2.44. The van der Waals surface area contributed by atoms with E-state index in [1.807, 2.05) is 19.1 Å². The van der Waals surface area contributed by atoms with Crippen LogP contribution in [0.5, 0.6) is 0 Å². The van der Waals surface area contributed by atoms with Gasteiger partial charge < -0.3 is 10.5 Å². The maximum atomic E-state index is 11.8. The van der Waals surface area contributed by atoms with Crippen molar-refractivity contribution in [2.45, 2.75) is 13.8 Å². The molecule has 0 amide bonds. The number of benzene rings is 1. The number of halogens is 2. The molecule has 0 spiro atoms. The lowest BCUT2D eigenvalue weighted by molar-refractivity contribution is 0.0531. The largest absolute Gasteiger partial charge is 0.462 e. The second-order valence-corrected chi connectivity index (χ2v) is 7.02. The summed E-state index contributed by atoms with van der Waals surface area (Å²) in [6.45, 7) is 3.95. The molecule has 1 heterocycles. The third-order valence-corrected chi connectivity index (χ3v) is 5.32. The number of anilines is 1. The topological polar surface area (TPSA) is 65.2 Å². The monoisotopic (exact) mass is 466 g/mol. The molecule has 0 aliphatic carbocycles. The predicted octanol–water partition coefficient (Wildman–Crippen LogP) is 4.24. The average molecular weight is 467 g/mol. The first-order chi connectivity index (χ1) is 9.43. The first-order valence-corrected chi connectivity index (χ1v) is 8.52. The molecular formula is C13H12BrIN2O2S. The van der Waals surface area contributed by atoms with Crippen LogP contribution in [0.25, 0.3) is 10.6 Å². The fourth-order valence-electron chi connectivity index (χ4n) is 1.61. The van der Waals surface area contributed by atoms with Crippen molar-refractivity contribution in [3.63, 3.8) is 0 Å². The van der Waals surface area contributed by atoms with E-state index in [0.29, 0.717) is 22.9 Å². The molecule has 0 radical (unpaired) electrons. The summed E-state index contributed by atoms with van der Waals surface area (Å²) in [6, 6.07) is 3.86. The summed E-state index contributed by atoms with van der Waals surface area (Å²) in [7, 11) is 0. The quantitative estimate of drug-likeness (QED) is 0.417. The third-order valence-electron chi connectivity index (χ3n) is 2.58. The zero-order chi connectivity index (χ0) is 14.9. The summed E-state index contributed by atoms with van der Waals surface area (Å²) in [5, 5.41) is 0.782. The standard InChI is InChI=1S/C13H12BrIN2O2S/c1-3-19-13(18)11-6(2)17-12(20-11)7-4-8(14)10(16)9(15)5-7/h4-5H,3,16H2,1-2H3. The first-order valence-electron chi connectivity index (χ1n) is 5.83. The molecule has 2 rings (SSSR count). The number of carbonyl (C=O) groups is 1. The van der Waals surface area contributed by atoms with Crippen molar-refractivity contribution in [2.75, 3.05) is 12.3 Å². The SMILES string of the molecule is CCOC(=O)c1sc(-c2cc(Br)c(N)c(I)c2)nc1C. The predicted molar refractivity (Wildman–Crippen MR) is 93.1 cm³/mol. The van der Waals surface area contributed by atoms with Gasteiger partial charge in [0.1, 0.15) is 9.88 Å². The fourth-order valence-corrected chi connectivity index (χ4v) is 4.02. The van der Waals surface area contributed by atoms with Gasteiger partial charge in [-0.05, 0) is 64.5 Å². The molecule has 1 aromatic heterocycles. The molecule has 0 atom stereocenters. The van der Waals surface area contributed by atoms with Gasteiger partial charge in [0.25, 0.3) is 0 Å². The highest BCUT2D eigenvalue weighted by Crippen LogP contribution is 2.34. The lowest BCUT2D eigenvalue weighted by atomic mass is 10.2. The maximum absolute atomic E-state index is 11.8. The minimum absolute atomic E-state index is 0.321. The number of aromatic nitrogens is 1. The smallest absolute Gasteiger partial charge is 0.350 e. The zero-order valence-electron chi connectivity index (χ0n) is 10.9. The van der Waals surface area contributed by atoms with Crippen LogP contribution in [0, 0.1) is 10.5 Å². The van der Waals surface area contributed by atoms with Crippen LogP contribution >= 0.6 is 49.9 Å². The lowest BCUT2D eigenvalue weighted by Crippen LogP contribution is -2.03. The zero-order valence-corrected chi connectivity index (χ0v) is 15.4. The Morgan fingerprint density at radius 3 is 2.85 bits per heavy atom. The molecule has 0 aliphatic rings. The molecule has 0 fully saturated rings. The first kappa shape index (κ1) is 15.7. The lowest BCUT2D eigenvalue weighted by Gasteiger charge is -2.04. The molecule has 7 heteroatoms. The fraction of sp³-hybridized carbons (Fsp3) is 0.231. The molecule has 20 heavy (non-hydrogen) atoms. The van der Waals surface area contributed by atoms with Gasteiger partial charge in [-0.3, -0.25) is 0 Å². The molecule has 1 aromatic carbocycles. The molecule has 2 aromatic rings. The van der Waals surface area contributed by atoms with E-state index in [9.17, 15) is 4.79 Å². The number of rotatable bonds is 3. The summed E-state index contributed by atoms with van der Waals surface area (Å²) >= 11 is 6.94. The number of carbonyl (C=O) groups excluding carboxylic acids is 1. The Kier molecular flexibility index (Phi) is 5.03. The van der Waals surface area contributed by atoms with Gasteiger partial charge in [-0.25, -0.2) is 9.78 Å². The van der Waals surface area contributed by atoms with Gasteiger partial charge >= 0.3 is 5.97 Å². The van der Waals surface area contributed by atoms with Crippen LogP contribution in [0.2, 0.25) is 0 Å². The van der Waals surface area contributed by atoms with E-state index in [1.54, 1.807) is 6.92 Å². The second kappa shape index (κ2) is 6.40. The second-order valence-electron chi connectivity index (χ2n) is 4.01. The Hall–Kier alpha value is -0.670. The van der Waals surface area contributed by atoms with E-state index in [1.165, 1.54) is 11.3 Å². The summed E-state index contributed by atoms with van der Waals surface area (Å²) in [6.07, 6.45) is 0. The summed E-state index contributed by atoms with van der Waals surface area (Å²) in [4.78, 5) is 16.8. The van der Waals surface area contributed by atoms with E-state index in [-0.39, 0.29) is 5.97 Å². The van der Waals surface area contributed by atoms with E-state index in [2.05, 4.69) is 43.5 Å². The molecule has 0 aliphatic heterocycles. The van der Waals surface area contributed by atoms with Gasteiger partial charge in [-0.1, -0.05) is 0 Å². The number of ether oxygens (including phenoxy) is 1. The minimum atomic E-state index is -0.321. The van der Waals surface area contributed by atoms with Gasteiger partial charge in [0.05, 0.1) is 18.0 Å². The Labute approximate surface area is 143 Å². The molecule has 0 saturated carbocycles. The Morgan fingerprint density at radius 1 is 1.55 bits per heavy atom. The number of hydrogen-bond acceptors (Lipinski definition) is 5. The molecule has 0 bridgehead atoms. The molecule has 4 nitrogen and oxygen atoms in total. The number of nitrogen functional groups attached to an aromatic ring is 1. The van der Waals surface area contributed by atoms with Gasteiger partial charge in [0, 0.05) is 13.6 Å². The Bertz CT molecular complexity index is 649. The van der Waals surface area contributed by atoms with Gasteiger partial charge in [0.15, 0.2) is 0 Å². The highest BCUT2D eigenvalue weighted by molar-refractivity contribution is 14.1. The summed E-state index contributed by atoms with van der Waals surface area (Å²) in [5.74, 6) is -0.321. The summed E-state index contributed by atoms with van der Waals surface area (Å²) in [5.41, 5.74) is 8.22. The number of aryl methyl sites for hydroxylation is 1. The molecule has 2 N–H and O–H groups in total. The minimum Gasteiger partial charge on any atom is -0.462 e. The highest BCUT2D eigenvalue weighted by atomic mass is 127. The van der Waals surface area contributed by atoms with Crippen molar-refractivity contribution < 1.29 is 9.53 Å². The van der Waals surface area contributed by atoms with Crippen LogP contribution in [-0.4, -0.2) is 17.6 Å². The van der Waals surface area contributed by atoms with Crippen molar-refractivity contribution in [3.05, 3.63) is 30.7 Å². The van der Waals surface area contributed by atoms with E-state index in [4.69, 9.17) is 10.5 Å². The van der Waals surface area contributed by atoms with E-state index >= 15 is 0 Å². The number of nitrogens with two attached hydrogens (primary N) is 1. The number of esters is 1.